The summed E-state index contributed by atoms with van der Waals surface area (Å²) in [7, 11) is 0. The fourth-order valence-electron chi connectivity index (χ4n) is 3.43. The van der Waals surface area contributed by atoms with Gasteiger partial charge in [0, 0.05) is 37.1 Å². The lowest BCUT2D eigenvalue weighted by molar-refractivity contribution is 0.128. The van der Waals surface area contributed by atoms with Gasteiger partial charge in [-0.15, -0.1) is 36.2 Å². The molecule has 1 saturated carbocycles. The van der Waals surface area contributed by atoms with Crippen LogP contribution in [0.1, 0.15) is 36.6 Å². The van der Waals surface area contributed by atoms with Crippen LogP contribution in [0.25, 0.3) is 0 Å². The molecule has 2 nitrogen and oxygen atoms in total. The third-order valence-corrected chi connectivity index (χ3v) is 5.97. The van der Waals surface area contributed by atoms with Crippen LogP contribution in [-0.2, 0) is 0 Å². The van der Waals surface area contributed by atoms with Gasteiger partial charge in [-0.1, -0.05) is 12.8 Å². The Balaban J connectivity index is 0.000001000. The highest BCUT2D eigenvalue weighted by atomic mass is 79.9. The Hall–Kier alpha value is 0.680. The summed E-state index contributed by atoms with van der Waals surface area (Å²) in [6.07, 6.45) is 5.70. The molecule has 0 aromatic carbocycles. The van der Waals surface area contributed by atoms with Gasteiger partial charge in [0.15, 0.2) is 0 Å². The molecular formula is C14H23BrCl2N2S. The first-order valence-corrected chi connectivity index (χ1v) is 8.65. The monoisotopic (exact) mass is 400 g/mol. The topological polar surface area (TPSA) is 15.3 Å². The second kappa shape index (κ2) is 8.96. The van der Waals surface area contributed by atoms with Crippen LogP contribution in [0.5, 0.6) is 0 Å². The summed E-state index contributed by atoms with van der Waals surface area (Å²) in [5.74, 6) is 0.883. The Morgan fingerprint density at radius 2 is 1.80 bits per heavy atom. The average molecular weight is 402 g/mol. The van der Waals surface area contributed by atoms with Crippen molar-refractivity contribution < 1.29 is 0 Å². The lowest BCUT2D eigenvalue weighted by Gasteiger charge is -2.37. The van der Waals surface area contributed by atoms with E-state index in [0.717, 1.165) is 19.0 Å². The average Bonchev–Trinajstić information content (AvgIpc) is 3.04. The van der Waals surface area contributed by atoms with Crippen LogP contribution in [0.4, 0.5) is 0 Å². The Labute approximate surface area is 146 Å². The second-order valence-corrected chi connectivity index (χ2v) is 7.91. The maximum Gasteiger partial charge on any atom is 0.0701 e. The molecule has 2 heterocycles. The molecule has 116 valence electrons. The first-order chi connectivity index (χ1) is 8.84. The van der Waals surface area contributed by atoms with Crippen LogP contribution in [0.2, 0.25) is 0 Å². The number of halogens is 3. The molecule has 1 saturated heterocycles. The number of hydrogen-bond donors (Lipinski definition) is 1. The van der Waals surface area contributed by atoms with Crippen molar-refractivity contribution in [3.05, 3.63) is 20.8 Å². The fraction of sp³-hybridized carbons (Fsp3) is 0.714. The molecule has 0 amide bonds. The zero-order valence-corrected chi connectivity index (χ0v) is 15.6. The Kier molecular flexibility index (Phi) is 8.39. The van der Waals surface area contributed by atoms with Crippen LogP contribution in [0.15, 0.2) is 15.9 Å². The maximum absolute atomic E-state index is 3.62. The standard InChI is InChI=1S/C14H21BrN2S.2ClH/c15-13-6-5-12(18-13)14(11-3-1-2-4-11)17-9-7-16-8-10-17;;/h5-6,11,14,16H,1-4,7-10H2;2*1H/t14-;;/m0../s1. The van der Waals surface area contributed by atoms with E-state index < -0.39 is 0 Å². The Morgan fingerprint density at radius 3 is 2.35 bits per heavy atom. The van der Waals surface area contributed by atoms with E-state index in [1.807, 2.05) is 11.3 Å². The van der Waals surface area contributed by atoms with Crippen LogP contribution in [0.3, 0.4) is 0 Å². The fourth-order valence-corrected chi connectivity index (χ4v) is 5.08. The van der Waals surface area contributed by atoms with E-state index in [2.05, 4.69) is 38.3 Å². The van der Waals surface area contributed by atoms with Crippen molar-refractivity contribution in [1.82, 2.24) is 10.2 Å². The number of nitrogens with zero attached hydrogens (tertiary/aromatic N) is 1. The molecule has 1 aliphatic carbocycles. The third kappa shape index (κ3) is 4.34. The lowest BCUT2D eigenvalue weighted by Crippen LogP contribution is -2.46. The maximum atomic E-state index is 3.62. The van der Waals surface area contributed by atoms with E-state index in [4.69, 9.17) is 0 Å². The second-order valence-electron chi connectivity index (χ2n) is 5.42. The van der Waals surface area contributed by atoms with Crippen LogP contribution >= 0.6 is 52.1 Å². The van der Waals surface area contributed by atoms with Crippen molar-refractivity contribution in [2.45, 2.75) is 31.7 Å². The highest BCUT2D eigenvalue weighted by Crippen LogP contribution is 2.42. The predicted molar refractivity (Wildman–Crippen MR) is 95.7 cm³/mol. The minimum atomic E-state index is 0. The molecule has 0 spiro atoms. The molecule has 0 bridgehead atoms. The predicted octanol–water partition coefficient (Wildman–Crippen LogP) is 4.49. The van der Waals surface area contributed by atoms with Gasteiger partial charge in [-0.25, -0.2) is 0 Å². The van der Waals surface area contributed by atoms with Crippen molar-refractivity contribution >= 4 is 52.1 Å². The van der Waals surface area contributed by atoms with Gasteiger partial charge >= 0.3 is 0 Å². The van der Waals surface area contributed by atoms with E-state index in [0.29, 0.717) is 6.04 Å². The molecule has 20 heavy (non-hydrogen) atoms. The molecule has 0 radical (unpaired) electrons. The molecule has 1 aromatic rings. The van der Waals surface area contributed by atoms with Gasteiger partial charge in [-0.3, -0.25) is 4.90 Å². The van der Waals surface area contributed by atoms with Crippen molar-refractivity contribution in [2.24, 2.45) is 5.92 Å². The molecule has 1 aromatic heterocycles. The highest BCUT2D eigenvalue weighted by molar-refractivity contribution is 9.11. The quantitative estimate of drug-likeness (QED) is 0.802. The van der Waals surface area contributed by atoms with Gasteiger partial charge in [-0.2, -0.15) is 0 Å². The molecule has 3 rings (SSSR count). The normalized spacial score (nSPS) is 22.1. The van der Waals surface area contributed by atoms with Gasteiger partial charge in [0.25, 0.3) is 0 Å². The molecule has 2 aliphatic rings. The lowest BCUT2D eigenvalue weighted by atomic mass is 9.94. The summed E-state index contributed by atoms with van der Waals surface area (Å²) in [5, 5.41) is 3.47. The number of hydrogen-bond acceptors (Lipinski definition) is 3. The Morgan fingerprint density at radius 1 is 1.15 bits per heavy atom. The molecular weight excluding hydrogens is 379 g/mol. The van der Waals surface area contributed by atoms with Crippen LogP contribution in [0, 0.1) is 5.92 Å². The minimum absolute atomic E-state index is 0. The summed E-state index contributed by atoms with van der Waals surface area (Å²) >= 11 is 5.55. The summed E-state index contributed by atoms with van der Waals surface area (Å²) in [4.78, 5) is 4.28. The van der Waals surface area contributed by atoms with Crippen LogP contribution in [-0.4, -0.2) is 31.1 Å². The van der Waals surface area contributed by atoms with Gasteiger partial charge in [-0.05, 0) is 46.8 Å². The summed E-state index contributed by atoms with van der Waals surface area (Å²) in [5.41, 5.74) is 0. The smallest absolute Gasteiger partial charge is 0.0701 e. The zero-order valence-electron chi connectivity index (χ0n) is 11.5. The molecule has 1 atom stereocenters. The molecule has 1 aliphatic heterocycles. The van der Waals surface area contributed by atoms with Gasteiger partial charge in [0.1, 0.15) is 0 Å². The summed E-state index contributed by atoms with van der Waals surface area (Å²) < 4.78 is 1.27. The number of piperazine rings is 1. The van der Waals surface area contributed by atoms with Crippen molar-refractivity contribution in [3.63, 3.8) is 0 Å². The van der Waals surface area contributed by atoms with E-state index >= 15 is 0 Å². The van der Waals surface area contributed by atoms with Crippen molar-refractivity contribution in [3.8, 4) is 0 Å². The number of rotatable bonds is 3. The van der Waals surface area contributed by atoms with Gasteiger partial charge in [0.05, 0.1) is 3.79 Å². The van der Waals surface area contributed by atoms with E-state index in [9.17, 15) is 0 Å². The number of nitrogens with one attached hydrogen (secondary N) is 1. The van der Waals surface area contributed by atoms with Gasteiger partial charge in [0.2, 0.25) is 0 Å². The summed E-state index contributed by atoms with van der Waals surface area (Å²) in [6, 6.07) is 5.22. The molecule has 2 fully saturated rings. The first-order valence-electron chi connectivity index (χ1n) is 7.04. The molecule has 0 unspecified atom stereocenters. The molecule has 1 N–H and O–H groups in total. The summed E-state index contributed by atoms with van der Waals surface area (Å²) in [6.45, 7) is 4.71. The largest absolute Gasteiger partial charge is 0.314 e. The van der Waals surface area contributed by atoms with Crippen LogP contribution < -0.4 is 5.32 Å². The van der Waals surface area contributed by atoms with Crippen molar-refractivity contribution in [2.75, 3.05) is 26.2 Å². The Bertz CT molecular complexity index is 390. The highest BCUT2D eigenvalue weighted by Gasteiger charge is 2.32. The molecule has 6 heteroatoms. The van der Waals surface area contributed by atoms with Gasteiger partial charge < -0.3 is 5.32 Å². The zero-order chi connectivity index (χ0) is 12.4. The number of thiophene rings is 1. The first kappa shape index (κ1) is 18.7. The van der Waals surface area contributed by atoms with E-state index in [1.54, 1.807) is 4.88 Å². The minimum Gasteiger partial charge on any atom is -0.314 e. The van der Waals surface area contributed by atoms with E-state index in [-0.39, 0.29) is 24.8 Å². The van der Waals surface area contributed by atoms with E-state index in [1.165, 1.54) is 42.6 Å². The third-order valence-electron chi connectivity index (χ3n) is 4.28. The SMILES string of the molecule is Brc1ccc([C@H](C2CCCC2)N2CCNCC2)s1.Cl.Cl. The van der Waals surface area contributed by atoms with Crippen molar-refractivity contribution in [1.29, 1.82) is 0 Å².